The Morgan fingerprint density at radius 3 is 1.57 bits per heavy atom. The Hall–Kier alpha value is -4.88. The van der Waals surface area contributed by atoms with Gasteiger partial charge in [0.1, 0.15) is 0 Å². The van der Waals surface area contributed by atoms with Crippen molar-refractivity contribution in [1.29, 1.82) is 0 Å². The molecule has 1 aliphatic rings. The Morgan fingerprint density at radius 1 is 0.500 bits per heavy atom. The maximum absolute atomic E-state index is 2.40. The highest BCUT2D eigenvalue weighted by atomic mass is 15.1. The van der Waals surface area contributed by atoms with E-state index in [4.69, 9.17) is 0 Å². The molecule has 0 saturated heterocycles. The summed E-state index contributed by atoms with van der Waals surface area (Å²) in [4.78, 5) is 2.39. The van der Waals surface area contributed by atoms with E-state index in [-0.39, 0.29) is 5.41 Å². The predicted molar refractivity (Wildman–Crippen MR) is 188 cm³/mol. The maximum atomic E-state index is 2.40. The van der Waals surface area contributed by atoms with E-state index in [9.17, 15) is 0 Å². The van der Waals surface area contributed by atoms with Gasteiger partial charge in [-0.15, -0.1) is 0 Å². The van der Waals surface area contributed by atoms with Gasteiger partial charge in [0.2, 0.25) is 0 Å². The monoisotopic (exact) mass is 569 g/mol. The molecule has 0 bridgehead atoms. The molecule has 1 unspecified atom stereocenters. The molecule has 0 saturated carbocycles. The van der Waals surface area contributed by atoms with Crippen LogP contribution in [0, 0.1) is 0 Å². The van der Waals surface area contributed by atoms with Crippen molar-refractivity contribution in [3.63, 3.8) is 0 Å². The van der Waals surface area contributed by atoms with Gasteiger partial charge < -0.3 is 4.90 Å². The molecule has 0 spiro atoms. The van der Waals surface area contributed by atoms with Gasteiger partial charge in [0.25, 0.3) is 0 Å². The van der Waals surface area contributed by atoms with E-state index in [2.05, 4.69) is 178 Å². The van der Waals surface area contributed by atoms with E-state index in [0.29, 0.717) is 5.92 Å². The van der Waals surface area contributed by atoms with Crippen LogP contribution in [0.3, 0.4) is 0 Å². The van der Waals surface area contributed by atoms with E-state index in [1.165, 1.54) is 55.8 Å². The summed E-state index contributed by atoms with van der Waals surface area (Å²) in [5.74, 6) is 0.582. The molecule has 0 N–H and O–H groups in total. The van der Waals surface area contributed by atoms with Crippen LogP contribution in [-0.4, -0.2) is 0 Å². The molecule has 0 heterocycles. The molecule has 0 aliphatic heterocycles. The van der Waals surface area contributed by atoms with Gasteiger partial charge in [-0.25, -0.2) is 0 Å². The summed E-state index contributed by atoms with van der Waals surface area (Å²) in [5.41, 5.74) is 15.2. The number of fused-ring (bicyclic) bond motifs is 3. The fourth-order valence-electron chi connectivity index (χ4n) is 6.75. The van der Waals surface area contributed by atoms with Gasteiger partial charge >= 0.3 is 0 Å². The first-order chi connectivity index (χ1) is 21.4. The second kappa shape index (κ2) is 11.3. The Morgan fingerprint density at radius 2 is 0.977 bits per heavy atom. The lowest BCUT2D eigenvalue weighted by Crippen LogP contribution is -2.16. The van der Waals surface area contributed by atoms with E-state index in [1.54, 1.807) is 0 Å². The zero-order valence-electron chi connectivity index (χ0n) is 26.1. The third kappa shape index (κ3) is 4.93. The predicted octanol–water partition coefficient (Wildman–Crippen LogP) is 12.3. The molecular weight excluding hydrogens is 530 g/mol. The van der Waals surface area contributed by atoms with Gasteiger partial charge in [0, 0.05) is 22.5 Å². The molecule has 0 radical (unpaired) electrons. The van der Waals surface area contributed by atoms with Crippen molar-refractivity contribution in [3.05, 3.63) is 162 Å². The van der Waals surface area contributed by atoms with Crippen molar-refractivity contribution in [2.45, 2.75) is 45.4 Å². The number of benzene rings is 6. The number of hydrogen-bond donors (Lipinski definition) is 0. The topological polar surface area (TPSA) is 3.24 Å². The van der Waals surface area contributed by atoms with Gasteiger partial charge in [-0.2, -0.15) is 0 Å². The van der Waals surface area contributed by atoms with Crippen LogP contribution in [0.2, 0.25) is 0 Å². The maximum Gasteiger partial charge on any atom is 0.0465 e. The largest absolute Gasteiger partial charge is 0.310 e. The molecule has 0 aromatic heterocycles. The highest BCUT2D eigenvalue weighted by Gasteiger charge is 2.35. The van der Waals surface area contributed by atoms with E-state index >= 15 is 0 Å². The summed E-state index contributed by atoms with van der Waals surface area (Å²) in [6.45, 7) is 9.24. The molecule has 44 heavy (non-hydrogen) atoms. The summed E-state index contributed by atoms with van der Waals surface area (Å²) in [6, 6.07) is 53.5. The third-order valence-corrected chi connectivity index (χ3v) is 9.61. The third-order valence-electron chi connectivity index (χ3n) is 9.61. The second-order valence-corrected chi connectivity index (χ2v) is 12.6. The van der Waals surface area contributed by atoms with Crippen molar-refractivity contribution in [1.82, 2.24) is 0 Å². The van der Waals surface area contributed by atoms with Crippen molar-refractivity contribution >= 4 is 17.1 Å². The molecule has 216 valence electrons. The zero-order valence-corrected chi connectivity index (χ0v) is 26.1. The van der Waals surface area contributed by atoms with E-state index in [1.807, 2.05) is 0 Å². The normalized spacial score (nSPS) is 13.6. The van der Waals surface area contributed by atoms with Crippen molar-refractivity contribution in [2.24, 2.45) is 0 Å². The lowest BCUT2D eigenvalue weighted by Gasteiger charge is -2.28. The first-order valence-corrected chi connectivity index (χ1v) is 15.8. The van der Waals surface area contributed by atoms with Crippen LogP contribution in [0.5, 0.6) is 0 Å². The lowest BCUT2D eigenvalue weighted by molar-refractivity contribution is 0.660. The fourth-order valence-corrected chi connectivity index (χ4v) is 6.75. The standard InChI is InChI=1S/C43H39N/c1-5-30(2)31-15-17-33(18-16-31)35-21-25-37(26-22-35)44(36-23-19-34(20-24-36)32-11-7-6-8-12-32)38-27-28-40-39-13-9-10-14-41(39)43(3,4)42(40)29-38/h6-30H,5H2,1-4H3. The molecule has 6 aromatic carbocycles. The van der Waals surface area contributed by atoms with Crippen LogP contribution < -0.4 is 4.90 Å². The van der Waals surface area contributed by atoms with Crippen LogP contribution >= 0.6 is 0 Å². The summed E-state index contributed by atoms with van der Waals surface area (Å²) in [5, 5.41) is 0. The Bertz CT molecular complexity index is 1900. The highest BCUT2D eigenvalue weighted by Crippen LogP contribution is 2.50. The number of nitrogens with zero attached hydrogens (tertiary/aromatic N) is 1. The van der Waals surface area contributed by atoms with Crippen molar-refractivity contribution in [2.75, 3.05) is 4.90 Å². The lowest BCUT2D eigenvalue weighted by atomic mass is 9.82. The quantitative estimate of drug-likeness (QED) is 0.185. The molecule has 1 aliphatic carbocycles. The Kier molecular flexibility index (Phi) is 7.18. The van der Waals surface area contributed by atoms with Crippen LogP contribution in [-0.2, 0) is 5.41 Å². The van der Waals surface area contributed by atoms with E-state index < -0.39 is 0 Å². The molecule has 1 heteroatoms. The molecular formula is C43H39N. The highest BCUT2D eigenvalue weighted by molar-refractivity contribution is 5.86. The van der Waals surface area contributed by atoms with Crippen molar-refractivity contribution < 1.29 is 0 Å². The average molecular weight is 570 g/mol. The Labute approximate surface area is 262 Å². The minimum Gasteiger partial charge on any atom is -0.310 e. The summed E-state index contributed by atoms with van der Waals surface area (Å²) < 4.78 is 0. The second-order valence-electron chi connectivity index (χ2n) is 12.6. The summed E-state index contributed by atoms with van der Waals surface area (Å²) >= 11 is 0. The molecule has 7 rings (SSSR count). The van der Waals surface area contributed by atoms with Crippen LogP contribution in [0.15, 0.2) is 146 Å². The molecule has 0 amide bonds. The summed E-state index contributed by atoms with van der Waals surface area (Å²) in [7, 11) is 0. The van der Waals surface area contributed by atoms with Gasteiger partial charge in [0.15, 0.2) is 0 Å². The number of rotatable bonds is 7. The minimum atomic E-state index is -0.0595. The van der Waals surface area contributed by atoms with E-state index in [0.717, 1.165) is 17.8 Å². The first-order valence-electron chi connectivity index (χ1n) is 15.8. The summed E-state index contributed by atoms with van der Waals surface area (Å²) in [6.07, 6.45) is 1.15. The van der Waals surface area contributed by atoms with Gasteiger partial charge in [0.05, 0.1) is 0 Å². The molecule has 1 nitrogen and oxygen atoms in total. The molecule has 6 aromatic rings. The first kappa shape index (κ1) is 27.9. The molecule has 1 atom stereocenters. The van der Waals surface area contributed by atoms with Gasteiger partial charge in [-0.1, -0.05) is 137 Å². The van der Waals surface area contributed by atoms with Gasteiger partial charge in [-0.3, -0.25) is 0 Å². The van der Waals surface area contributed by atoms with Crippen molar-refractivity contribution in [3.8, 4) is 33.4 Å². The fraction of sp³-hybridized carbons (Fsp3) is 0.163. The number of anilines is 3. The zero-order chi connectivity index (χ0) is 30.3. The molecule has 0 fully saturated rings. The smallest absolute Gasteiger partial charge is 0.0465 e. The van der Waals surface area contributed by atoms with Crippen LogP contribution in [0.4, 0.5) is 17.1 Å². The number of hydrogen-bond acceptors (Lipinski definition) is 1. The van der Waals surface area contributed by atoms with Crippen LogP contribution in [0.1, 0.15) is 56.7 Å². The Balaban J connectivity index is 1.29. The van der Waals surface area contributed by atoms with Crippen LogP contribution in [0.25, 0.3) is 33.4 Å². The minimum absolute atomic E-state index is 0.0595. The van der Waals surface area contributed by atoms with Gasteiger partial charge in [-0.05, 0) is 98.8 Å². The average Bonchev–Trinajstić information content (AvgIpc) is 3.31. The SMILES string of the molecule is CCC(C)c1ccc(-c2ccc(N(c3ccc(-c4ccccc4)cc3)c3ccc4c(c3)C(C)(C)c3ccccc3-4)cc2)cc1.